The average molecular weight is 407 g/mol. The third kappa shape index (κ3) is 3.79. The first kappa shape index (κ1) is 19.0. The van der Waals surface area contributed by atoms with E-state index in [2.05, 4.69) is 10.4 Å². The summed E-state index contributed by atoms with van der Waals surface area (Å²) in [7, 11) is 3.43. The van der Waals surface area contributed by atoms with E-state index in [0.29, 0.717) is 33.9 Å². The highest BCUT2D eigenvalue weighted by Crippen LogP contribution is 2.26. The predicted octanol–water partition coefficient (Wildman–Crippen LogP) is 4.23. The molecule has 4 aromatic rings. The molecule has 0 unspecified atom stereocenters. The van der Waals surface area contributed by atoms with E-state index >= 15 is 0 Å². The highest BCUT2D eigenvalue weighted by Gasteiger charge is 2.17. The number of halogens is 1. The number of carbonyl (C=O) groups is 1. The normalized spacial score (nSPS) is 10.9. The molecule has 1 amide bonds. The van der Waals surface area contributed by atoms with Crippen molar-refractivity contribution in [2.24, 2.45) is 7.05 Å². The van der Waals surface area contributed by atoms with Crippen LogP contribution in [0.1, 0.15) is 15.9 Å². The minimum atomic E-state index is -0.208. The number of pyridine rings is 1. The van der Waals surface area contributed by atoms with E-state index < -0.39 is 0 Å². The summed E-state index contributed by atoms with van der Waals surface area (Å²) in [5, 5.41) is 8.53. The van der Waals surface area contributed by atoms with Gasteiger partial charge in [-0.3, -0.25) is 9.48 Å². The van der Waals surface area contributed by atoms with E-state index in [4.69, 9.17) is 21.3 Å². The lowest BCUT2D eigenvalue weighted by Gasteiger charge is -2.10. The number of nitrogens with one attached hydrogen (secondary N) is 1. The second kappa shape index (κ2) is 7.93. The van der Waals surface area contributed by atoms with Crippen molar-refractivity contribution in [1.82, 2.24) is 20.1 Å². The van der Waals surface area contributed by atoms with Crippen molar-refractivity contribution >= 4 is 28.5 Å². The molecule has 1 N–H and O–H groups in total. The Balaban J connectivity index is 1.70. The molecule has 2 aromatic heterocycles. The molecule has 0 saturated heterocycles. The van der Waals surface area contributed by atoms with Gasteiger partial charge in [0.25, 0.3) is 5.91 Å². The van der Waals surface area contributed by atoms with Crippen molar-refractivity contribution in [2.45, 2.75) is 6.54 Å². The van der Waals surface area contributed by atoms with Gasteiger partial charge in [-0.2, -0.15) is 5.10 Å². The summed E-state index contributed by atoms with van der Waals surface area (Å²) in [6.45, 7) is 0.334. The number of aryl methyl sites for hydroxylation is 1. The third-order valence-electron chi connectivity index (χ3n) is 4.73. The van der Waals surface area contributed by atoms with Gasteiger partial charge in [-0.15, -0.1) is 0 Å². The zero-order chi connectivity index (χ0) is 20.4. The van der Waals surface area contributed by atoms with Gasteiger partial charge in [-0.05, 0) is 42.0 Å². The van der Waals surface area contributed by atoms with Gasteiger partial charge in [0, 0.05) is 24.2 Å². The number of amides is 1. The number of hydrogen-bond donors (Lipinski definition) is 1. The molecular weight excluding hydrogens is 388 g/mol. The Bertz CT molecular complexity index is 1190. The summed E-state index contributed by atoms with van der Waals surface area (Å²) >= 11 is 6.20. The number of aromatic nitrogens is 3. The van der Waals surface area contributed by atoms with Crippen LogP contribution in [0.4, 0.5) is 0 Å². The number of benzene rings is 2. The summed E-state index contributed by atoms with van der Waals surface area (Å²) in [6.07, 6.45) is 1.66. The van der Waals surface area contributed by atoms with Crippen LogP contribution in [0.25, 0.3) is 22.3 Å². The van der Waals surface area contributed by atoms with Crippen LogP contribution in [0.15, 0.2) is 60.8 Å². The smallest absolute Gasteiger partial charge is 0.252 e. The quantitative estimate of drug-likeness (QED) is 0.538. The van der Waals surface area contributed by atoms with E-state index in [1.165, 1.54) is 0 Å². The summed E-state index contributed by atoms with van der Waals surface area (Å²) in [6, 6.07) is 16.8. The molecule has 0 bridgehead atoms. The number of carbonyl (C=O) groups excluding carboxylic acids is 1. The zero-order valence-electron chi connectivity index (χ0n) is 16.0. The van der Waals surface area contributed by atoms with Crippen LogP contribution in [0.5, 0.6) is 5.75 Å². The van der Waals surface area contributed by atoms with Crippen molar-refractivity contribution in [3.8, 4) is 17.0 Å². The van der Waals surface area contributed by atoms with Crippen LogP contribution in [0.3, 0.4) is 0 Å². The fourth-order valence-corrected chi connectivity index (χ4v) is 3.33. The van der Waals surface area contributed by atoms with E-state index in [1.807, 2.05) is 42.5 Å². The molecule has 0 spiro atoms. The van der Waals surface area contributed by atoms with Gasteiger partial charge in [0.15, 0.2) is 5.65 Å². The molecule has 0 aliphatic rings. The largest absolute Gasteiger partial charge is 0.497 e. The standard InChI is InChI=1S/C22H19ClN4O2/c1-27-21-18(13-25-27)17(22(28)24-12-15-5-3-4-6-19(15)23)11-20(26-21)14-7-9-16(29-2)10-8-14/h3-11,13H,12H2,1-2H3,(H,24,28). The van der Waals surface area contributed by atoms with E-state index in [1.54, 1.807) is 37.2 Å². The molecule has 7 heteroatoms. The first-order valence-electron chi connectivity index (χ1n) is 9.05. The van der Waals surface area contributed by atoms with Gasteiger partial charge in [0.2, 0.25) is 0 Å². The van der Waals surface area contributed by atoms with Crippen LogP contribution >= 0.6 is 11.6 Å². The molecule has 29 heavy (non-hydrogen) atoms. The van der Waals surface area contributed by atoms with Gasteiger partial charge in [0.1, 0.15) is 5.75 Å². The third-order valence-corrected chi connectivity index (χ3v) is 5.10. The summed E-state index contributed by atoms with van der Waals surface area (Å²) in [5.74, 6) is 0.549. The number of fused-ring (bicyclic) bond motifs is 1. The molecule has 146 valence electrons. The monoisotopic (exact) mass is 406 g/mol. The number of methoxy groups -OCH3 is 1. The Kier molecular flexibility index (Phi) is 5.18. The molecule has 2 heterocycles. The maximum atomic E-state index is 13.0. The van der Waals surface area contributed by atoms with E-state index in [-0.39, 0.29) is 5.91 Å². The number of rotatable bonds is 5. The van der Waals surface area contributed by atoms with E-state index in [9.17, 15) is 4.79 Å². The first-order chi connectivity index (χ1) is 14.1. The van der Waals surface area contributed by atoms with Crippen molar-refractivity contribution in [3.05, 3.63) is 76.9 Å². The van der Waals surface area contributed by atoms with Gasteiger partial charge in [-0.25, -0.2) is 4.98 Å². The molecule has 0 aliphatic carbocycles. The van der Waals surface area contributed by atoms with E-state index in [0.717, 1.165) is 16.9 Å². The maximum Gasteiger partial charge on any atom is 0.252 e. The molecule has 2 aromatic carbocycles. The molecule has 0 atom stereocenters. The molecule has 0 radical (unpaired) electrons. The Morgan fingerprint density at radius 3 is 2.66 bits per heavy atom. The Hall–Kier alpha value is -3.38. The van der Waals surface area contributed by atoms with Gasteiger partial charge in [0.05, 0.1) is 30.0 Å². The highest BCUT2D eigenvalue weighted by atomic mass is 35.5. The van der Waals surface area contributed by atoms with Crippen molar-refractivity contribution in [1.29, 1.82) is 0 Å². The summed E-state index contributed by atoms with van der Waals surface area (Å²) in [4.78, 5) is 17.7. The van der Waals surface area contributed by atoms with Gasteiger partial charge < -0.3 is 10.1 Å². The maximum absolute atomic E-state index is 13.0. The first-order valence-corrected chi connectivity index (χ1v) is 9.43. The lowest BCUT2D eigenvalue weighted by atomic mass is 10.1. The fourth-order valence-electron chi connectivity index (χ4n) is 3.12. The topological polar surface area (TPSA) is 69.0 Å². The molecule has 6 nitrogen and oxygen atoms in total. The highest BCUT2D eigenvalue weighted by molar-refractivity contribution is 6.31. The van der Waals surface area contributed by atoms with Crippen molar-refractivity contribution < 1.29 is 9.53 Å². The Morgan fingerprint density at radius 2 is 1.93 bits per heavy atom. The number of ether oxygens (including phenoxy) is 1. The van der Waals surface area contributed by atoms with Crippen LogP contribution in [-0.4, -0.2) is 27.8 Å². The van der Waals surface area contributed by atoms with Gasteiger partial charge >= 0.3 is 0 Å². The molecule has 0 aliphatic heterocycles. The fraction of sp³-hybridized carbons (Fsp3) is 0.136. The Morgan fingerprint density at radius 1 is 1.17 bits per heavy atom. The van der Waals surface area contributed by atoms with Crippen LogP contribution in [-0.2, 0) is 13.6 Å². The molecule has 0 fully saturated rings. The molecular formula is C22H19ClN4O2. The second-order valence-electron chi connectivity index (χ2n) is 6.56. The molecule has 0 saturated carbocycles. The predicted molar refractivity (Wildman–Crippen MR) is 113 cm³/mol. The lowest BCUT2D eigenvalue weighted by Crippen LogP contribution is -2.23. The lowest BCUT2D eigenvalue weighted by molar-refractivity contribution is 0.0952. The number of hydrogen-bond acceptors (Lipinski definition) is 4. The SMILES string of the molecule is COc1ccc(-c2cc(C(=O)NCc3ccccc3Cl)c3cnn(C)c3n2)cc1. The Labute approximate surface area is 173 Å². The number of nitrogens with zero attached hydrogens (tertiary/aromatic N) is 3. The van der Waals surface area contributed by atoms with Gasteiger partial charge in [-0.1, -0.05) is 29.8 Å². The van der Waals surface area contributed by atoms with Crippen LogP contribution in [0, 0.1) is 0 Å². The second-order valence-corrected chi connectivity index (χ2v) is 6.97. The van der Waals surface area contributed by atoms with Crippen LogP contribution in [0.2, 0.25) is 5.02 Å². The summed E-state index contributed by atoms with van der Waals surface area (Å²) in [5.41, 5.74) is 3.58. The minimum absolute atomic E-state index is 0.208. The zero-order valence-corrected chi connectivity index (χ0v) is 16.8. The average Bonchev–Trinajstić information content (AvgIpc) is 3.13. The van der Waals surface area contributed by atoms with Crippen LogP contribution < -0.4 is 10.1 Å². The summed E-state index contributed by atoms with van der Waals surface area (Å²) < 4.78 is 6.88. The van der Waals surface area contributed by atoms with Crippen molar-refractivity contribution in [3.63, 3.8) is 0 Å². The van der Waals surface area contributed by atoms with Crippen molar-refractivity contribution in [2.75, 3.05) is 7.11 Å². The minimum Gasteiger partial charge on any atom is -0.497 e. The molecule has 4 rings (SSSR count).